The summed E-state index contributed by atoms with van der Waals surface area (Å²) in [6.45, 7) is 7.16. The first-order valence-electron chi connectivity index (χ1n) is 12.4. The minimum absolute atomic E-state index is 0.148. The third kappa shape index (κ3) is 5.48. The molecule has 12 heteroatoms. The third-order valence-electron chi connectivity index (χ3n) is 6.38. The van der Waals surface area contributed by atoms with Crippen LogP contribution in [0.15, 0.2) is 48.9 Å². The summed E-state index contributed by atoms with van der Waals surface area (Å²) in [7, 11) is 0. The van der Waals surface area contributed by atoms with Gasteiger partial charge in [0.25, 0.3) is 0 Å². The van der Waals surface area contributed by atoms with Gasteiger partial charge in [0.15, 0.2) is 5.65 Å². The van der Waals surface area contributed by atoms with Crippen molar-refractivity contribution in [3.63, 3.8) is 0 Å². The highest BCUT2D eigenvalue weighted by Crippen LogP contribution is 2.23. The molecule has 0 radical (unpaired) electrons. The Balaban J connectivity index is 1.35. The number of fused-ring (bicyclic) bond motifs is 1. The molecule has 0 bridgehead atoms. The van der Waals surface area contributed by atoms with E-state index in [2.05, 4.69) is 44.6 Å². The molecule has 0 aliphatic carbocycles. The summed E-state index contributed by atoms with van der Waals surface area (Å²) in [5.74, 6) is 1.02. The van der Waals surface area contributed by atoms with Crippen LogP contribution in [0.5, 0.6) is 6.01 Å². The van der Waals surface area contributed by atoms with E-state index in [0.717, 1.165) is 29.9 Å². The zero-order valence-electron chi connectivity index (χ0n) is 20.9. The lowest BCUT2D eigenvalue weighted by molar-refractivity contribution is 0.117. The molecule has 3 N–H and O–H groups in total. The van der Waals surface area contributed by atoms with Crippen molar-refractivity contribution >= 4 is 17.7 Å². The Kier molecular flexibility index (Phi) is 7.17. The van der Waals surface area contributed by atoms with Gasteiger partial charge in [-0.2, -0.15) is 24.7 Å². The number of carbonyl (C=O) groups is 1. The quantitative estimate of drug-likeness (QED) is 0.281. The summed E-state index contributed by atoms with van der Waals surface area (Å²) in [5, 5.41) is 25.0. The van der Waals surface area contributed by atoms with Crippen molar-refractivity contribution in [3.8, 4) is 11.7 Å². The van der Waals surface area contributed by atoms with Gasteiger partial charge < -0.3 is 25.4 Å². The van der Waals surface area contributed by atoms with Gasteiger partial charge in [-0.15, -0.1) is 0 Å². The number of aromatic nitrogens is 6. The normalized spacial score (nSPS) is 13.6. The lowest BCUT2D eigenvalue weighted by atomic mass is 10.0. The van der Waals surface area contributed by atoms with Crippen LogP contribution < -0.4 is 15.4 Å². The number of amides is 1. The molecule has 12 nitrogen and oxygen atoms in total. The summed E-state index contributed by atoms with van der Waals surface area (Å²) >= 11 is 0. The van der Waals surface area contributed by atoms with Crippen molar-refractivity contribution in [1.29, 1.82) is 0 Å². The number of hydrogen-bond acceptors (Lipinski definition) is 8. The van der Waals surface area contributed by atoms with Gasteiger partial charge in [-0.25, -0.2) is 9.48 Å². The minimum Gasteiger partial charge on any atom is -0.465 e. The number of nitrogens with one attached hydrogen (secondary N) is 2. The summed E-state index contributed by atoms with van der Waals surface area (Å²) in [6.07, 6.45) is 4.48. The first-order valence-corrected chi connectivity index (χ1v) is 12.4. The molecule has 1 amide bonds. The summed E-state index contributed by atoms with van der Waals surface area (Å²) in [5.41, 5.74) is 3.61. The maximum atomic E-state index is 11.7. The number of para-hydroxylation sites is 1. The summed E-state index contributed by atoms with van der Waals surface area (Å²) < 4.78 is 9.36. The van der Waals surface area contributed by atoms with Crippen LogP contribution in [-0.4, -0.2) is 78.2 Å². The van der Waals surface area contributed by atoms with Crippen LogP contribution in [0.1, 0.15) is 30.9 Å². The molecule has 4 aromatic rings. The average molecular weight is 506 g/mol. The van der Waals surface area contributed by atoms with Gasteiger partial charge in [-0.05, 0) is 23.6 Å². The maximum absolute atomic E-state index is 11.7. The smallest absolute Gasteiger partial charge is 0.407 e. The second kappa shape index (κ2) is 10.8. The van der Waals surface area contributed by atoms with E-state index in [9.17, 15) is 9.90 Å². The standard InChI is InChI=1S/C25H31N9O3/c1-17(2)20-15-29-34-22(20)30-24(37-11-10-32(25(35)36)16-18-12-26-13-18)31-23(34)27-14-19-6-3-4-7-21(19)33-9-5-8-28-33/h3-9,15,17-18,26H,10-14,16H2,1-2H3,(H,35,36)(H,27,30,31). The number of ether oxygens (including phenoxy) is 1. The fourth-order valence-electron chi connectivity index (χ4n) is 4.23. The van der Waals surface area contributed by atoms with Gasteiger partial charge in [-0.1, -0.05) is 32.0 Å². The van der Waals surface area contributed by atoms with Crippen molar-refractivity contribution in [3.05, 3.63) is 60.0 Å². The molecule has 4 heterocycles. The first kappa shape index (κ1) is 24.5. The van der Waals surface area contributed by atoms with Gasteiger partial charge in [0, 0.05) is 50.1 Å². The lowest BCUT2D eigenvalue weighted by Crippen LogP contribution is -2.50. The minimum atomic E-state index is -0.956. The number of nitrogens with zero attached hydrogens (tertiary/aromatic N) is 7. The molecule has 3 aromatic heterocycles. The predicted molar refractivity (Wildman–Crippen MR) is 137 cm³/mol. The Morgan fingerprint density at radius 2 is 2.08 bits per heavy atom. The van der Waals surface area contributed by atoms with E-state index in [1.54, 1.807) is 16.9 Å². The molecule has 1 aliphatic heterocycles. The van der Waals surface area contributed by atoms with Crippen LogP contribution in [-0.2, 0) is 6.54 Å². The number of hydrogen-bond donors (Lipinski definition) is 3. The molecule has 37 heavy (non-hydrogen) atoms. The average Bonchev–Trinajstić information content (AvgIpc) is 3.54. The number of benzene rings is 1. The highest BCUT2D eigenvalue weighted by molar-refractivity contribution is 5.65. The van der Waals surface area contributed by atoms with Crippen molar-refractivity contribution in [1.82, 2.24) is 39.6 Å². The Morgan fingerprint density at radius 3 is 2.78 bits per heavy atom. The topological polar surface area (TPSA) is 135 Å². The largest absolute Gasteiger partial charge is 0.465 e. The fraction of sp³-hybridized carbons (Fsp3) is 0.400. The predicted octanol–water partition coefficient (Wildman–Crippen LogP) is 2.62. The number of carboxylic acid groups (broad SMARTS) is 1. The highest BCUT2D eigenvalue weighted by Gasteiger charge is 2.23. The highest BCUT2D eigenvalue weighted by atomic mass is 16.5. The Labute approximate surface area is 214 Å². The Hall–Kier alpha value is -4.19. The molecule has 194 valence electrons. The molecular formula is C25H31N9O3. The second-order valence-corrected chi connectivity index (χ2v) is 9.35. The van der Waals surface area contributed by atoms with E-state index < -0.39 is 6.09 Å². The molecule has 1 aromatic carbocycles. The van der Waals surface area contributed by atoms with Crippen LogP contribution in [0.4, 0.5) is 10.7 Å². The van der Waals surface area contributed by atoms with Crippen molar-refractivity contribution in [2.75, 3.05) is 38.1 Å². The molecular weight excluding hydrogens is 474 g/mol. The van der Waals surface area contributed by atoms with Gasteiger partial charge in [0.1, 0.15) is 6.61 Å². The number of rotatable bonds is 11. The monoisotopic (exact) mass is 505 g/mol. The molecule has 5 rings (SSSR count). The van der Waals surface area contributed by atoms with E-state index in [1.807, 2.05) is 41.2 Å². The molecule has 0 atom stereocenters. The molecule has 1 fully saturated rings. The van der Waals surface area contributed by atoms with E-state index in [4.69, 9.17) is 4.74 Å². The van der Waals surface area contributed by atoms with Gasteiger partial charge in [0.05, 0.1) is 18.4 Å². The zero-order chi connectivity index (χ0) is 25.8. The molecule has 0 spiro atoms. The van der Waals surface area contributed by atoms with Gasteiger partial charge in [-0.3, -0.25) is 0 Å². The van der Waals surface area contributed by atoms with E-state index in [1.165, 1.54) is 4.90 Å². The van der Waals surface area contributed by atoms with Crippen LogP contribution in [0.3, 0.4) is 0 Å². The molecule has 0 saturated carbocycles. The van der Waals surface area contributed by atoms with Crippen LogP contribution >= 0.6 is 0 Å². The second-order valence-electron chi connectivity index (χ2n) is 9.35. The van der Waals surface area contributed by atoms with Gasteiger partial charge >= 0.3 is 12.1 Å². The SMILES string of the molecule is CC(C)c1cnn2c(NCc3ccccc3-n3cccn3)nc(OCCN(CC3CNC3)C(=O)O)nc12. The Bertz CT molecular complexity index is 1350. The first-order chi connectivity index (χ1) is 18.0. The van der Waals surface area contributed by atoms with E-state index in [0.29, 0.717) is 30.6 Å². The van der Waals surface area contributed by atoms with Crippen LogP contribution in [0.2, 0.25) is 0 Å². The van der Waals surface area contributed by atoms with Crippen molar-refractivity contribution in [2.45, 2.75) is 26.3 Å². The third-order valence-corrected chi connectivity index (χ3v) is 6.38. The van der Waals surface area contributed by atoms with Crippen LogP contribution in [0, 0.1) is 5.92 Å². The molecule has 0 unspecified atom stereocenters. The zero-order valence-corrected chi connectivity index (χ0v) is 20.9. The van der Waals surface area contributed by atoms with Crippen molar-refractivity contribution < 1.29 is 14.6 Å². The van der Waals surface area contributed by atoms with Gasteiger partial charge in [0.2, 0.25) is 5.95 Å². The molecule has 1 saturated heterocycles. The summed E-state index contributed by atoms with van der Waals surface area (Å²) in [6, 6.07) is 10.0. The summed E-state index contributed by atoms with van der Waals surface area (Å²) in [4.78, 5) is 22.2. The lowest BCUT2D eigenvalue weighted by Gasteiger charge is -2.31. The fourth-order valence-corrected chi connectivity index (χ4v) is 4.23. The maximum Gasteiger partial charge on any atom is 0.407 e. The van der Waals surface area contributed by atoms with E-state index >= 15 is 0 Å². The number of anilines is 1. The van der Waals surface area contributed by atoms with Crippen LogP contribution in [0.25, 0.3) is 11.3 Å². The van der Waals surface area contributed by atoms with E-state index in [-0.39, 0.29) is 25.1 Å². The van der Waals surface area contributed by atoms with Crippen molar-refractivity contribution in [2.24, 2.45) is 5.92 Å². The Morgan fingerprint density at radius 1 is 1.24 bits per heavy atom. The molecule has 1 aliphatic rings.